The summed E-state index contributed by atoms with van der Waals surface area (Å²) in [6, 6.07) is 5.90. The number of methoxy groups -OCH3 is 1. The van der Waals surface area contributed by atoms with Gasteiger partial charge in [0, 0.05) is 59.2 Å². The summed E-state index contributed by atoms with van der Waals surface area (Å²) in [4.78, 5) is 11.2. The third-order valence-electron chi connectivity index (χ3n) is 3.84. The van der Waals surface area contributed by atoms with E-state index in [9.17, 15) is 0 Å². The van der Waals surface area contributed by atoms with Gasteiger partial charge in [-0.2, -0.15) is 0 Å². The van der Waals surface area contributed by atoms with Crippen molar-refractivity contribution in [3.63, 3.8) is 0 Å². The molecule has 0 fully saturated rings. The van der Waals surface area contributed by atoms with E-state index in [1.54, 1.807) is 13.3 Å². The number of hydrogen-bond acceptors (Lipinski definition) is 5. The first kappa shape index (κ1) is 25.9. The van der Waals surface area contributed by atoms with Gasteiger partial charge in [-0.3, -0.25) is 4.99 Å². The predicted octanol–water partition coefficient (Wildman–Crippen LogP) is 2.42. The third kappa shape index (κ3) is 14.6. The topological polar surface area (TPSA) is 73.8 Å². The molecule has 0 bridgehead atoms. The Hall–Kier alpha value is -1.13. The third-order valence-corrected chi connectivity index (χ3v) is 3.84. The van der Waals surface area contributed by atoms with Crippen molar-refractivity contribution in [1.29, 1.82) is 0 Å². The van der Waals surface area contributed by atoms with E-state index in [-0.39, 0.29) is 24.0 Å². The van der Waals surface area contributed by atoms with E-state index in [2.05, 4.69) is 44.8 Å². The van der Waals surface area contributed by atoms with Crippen LogP contribution in [0.15, 0.2) is 29.4 Å². The standard InChI is InChI=1S/C19H36N6O.HI/c1-4-20-19(24-14-16-25(2)15-9-17-26-3)23-13-8-7-12-22-18-10-5-6-11-21-18;/h5-6,10-11H,4,7-9,12-17H2,1-3H3,(H,21,22)(H2,20,23,24);1H. The van der Waals surface area contributed by atoms with Crippen molar-refractivity contribution < 1.29 is 4.74 Å². The van der Waals surface area contributed by atoms with Crippen LogP contribution < -0.4 is 16.0 Å². The van der Waals surface area contributed by atoms with Gasteiger partial charge in [0.2, 0.25) is 0 Å². The van der Waals surface area contributed by atoms with E-state index in [1.165, 1.54) is 0 Å². The summed E-state index contributed by atoms with van der Waals surface area (Å²) in [5, 5.41) is 10.0. The Bertz CT molecular complexity index is 475. The summed E-state index contributed by atoms with van der Waals surface area (Å²) in [6.07, 6.45) is 4.98. The molecule has 7 nitrogen and oxygen atoms in total. The Morgan fingerprint density at radius 2 is 2.00 bits per heavy atom. The first-order chi connectivity index (χ1) is 12.8. The summed E-state index contributed by atoms with van der Waals surface area (Å²) in [6.45, 7) is 8.44. The van der Waals surface area contributed by atoms with Gasteiger partial charge < -0.3 is 25.6 Å². The van der Waals surface area contributed by atoms with Gasteiger partial charge in [0.15, 0.2) is 5.96 Å². The largest absolute Gasteiger partial charge is 0.385 e. The van der Waals surface area contributed by atoms with Crippen molar-refractivity contribution in [3.8, 4) is 0 Å². The Kier molecular flexibility index (Phi) is 17.5. The maximum Gasteiger partial charge on any atom is 0.191 e. The van der Waals surface area contributed by atoms with Crippen molar-refractivity contribution in [2.45, 2.75) is 26.2 Å². The van der Waals surface area contributed by atoms with Crippen LogP contribution in [0.3, 0.4) is 0 Å². The second-order valence-electron chi connectivity index (χ2n) is 6.19. The molecule has 1 rings (SSSR count). The molecule has 0 spiro atoms. The zero-order valence-corrected chi connectivity index (χ0v) is 19.4. The molecule has 0 aliphatic carbocycles. The number of rotatable bonds is 14. The highest BCUT2D eigenvalue weighted by atomic mass is 127. The number of nitrogens with one attached hydrogen (secondary N) is 3. The Balaban J connectivity index is 0.00000676. The lowest BCUT2D eigenvalue weighted by atomic mass is 10.3. The molecule has 8 heteroatoms. The molecular formula is C19H37IN6O. The molecular weight excluding hydrogens is 455 g/mol. The van der Waals surface area contributed by atoms with Gasteiger partial charge in [0.1, 0.15) is 5.82 Å². The van der Waals surface area contributed by atoms with Crippen molar-refractivity contribution in [1.82, 2.24) is 20.5 Å². The summed E-state index contributed by atoms with van der Waals surface area (Å²) >= 11 is 0. The van der Waals surface area contributed by atoms with Crippen molar-refractivity contribution >= 4 is 35.8 Å². The molecule has 0 aliphatic rings. The quantitative estimate of drug-likeness (QED) is 0.160. The smallest absolute Gasteiger partial charge is 0.191 e. The molecule has 27 heavy (non-hydrogen) atoms. The van der Waals surface area contributed by atoms with E-state index in [0.29, 0.717) is 0 Å². The number of hydrogen-bond donors (Lipinski definition) is 3. The zero-order chi connectivity index (χ0) is 18.9. The average molecular weight is 492 g/mol. The molecule has 1 aromatic rings. The SMILES string of the molecule is CCNC(=NCCCCNc1ccccn1)NCCN(C)CCCOC.I. The maximum absolute atomic E-state index is 5.08. The van der Waals surface area contributed by atoms with Crippen LogP contribution in [0.2, 0.25) is 0 Å². The first-order valence-corrected chi connectivity index (χ1v) is 9.60. The molecule has 0 radical (unpaired) electrons. The minimum absolute atomic E-state index is 0. The lowest BCUT2D eigenvalue weighted by molar-refractivity contribution is 0.180. The summed E-state index contributed by atoms with van der Waals surface area (Å²) in [5.74, 6) is 1.83. The lowest BCUT2D eigenvalue weighted by Gasteiger charge is -2.18. The van der Waals surface area contributed by atoms with Gasteiger partial charge in [0.25, 0.3) is 0 Å². The van der Waals surface area contributed by atoms with Crippen molar-refractivity contribution in [2.75, 3.05) is 65.3 Å². The number of halogens is 1. The molecule has 0 unspecified atom stereocenters. The fourth-order valence-electron chi connectivity index (χ4n) is 2.41. The number of pyridine rings is 1. The fourth-order valence-corrected chi connectivity index (χ4v) is 2.41. The predicted molar refractivity (Wildman–Crippen MR) is 125 cm³/mol. The van der Waals surface area contributed by atoms with Crippen LogP contribution in [0.1, 0.15) is 26.2 Å². The van der Waals surface area contributed by atoms with Crippen molar-refractivity contribution in [2.24, 2.45) is 4.99 Å². The summed E-state index contributed by atoms with van der Waals surface area (Å²) < 4.78 is 5.08. The minimum atomic E-state index is 0. The highest BCUT2D eigenvalue weighted by molar-refractivity contribution is 14.0. The highest BCUT2D eigenvalue weighted by Gasteiger charge is 2.00. The number of unbranched alkanes of at least 4 members (excludes halogenated alkanes) is 1. The van der Waals surface area contributed by atoms with Gasteiger partial charge in [0.05, 0.1) is 0 Å². The van der Waals surface area contributed by atoms with Gasteiger partial charge in [-0.1, -0.05) is 6.07 Å². The second-order valence-corrected chi connectivity index (χ2v) is 6.19. The Labute approximate surface area is 181 Å². The highest BCUT2D eigenvalue weighted by Crippen LogP contribution is 2.00. The van der Waals surface area contributed by atoms with Crippen molar-refractivity contribution in [3.05, 3.63) is 24.4 Å². The van der Waals surface area contributed by atoms with Crippen LogP contribution in [0, 0.1) is 0 Å². The summed E-state index contributed by atoms with van der Waals surface area (Å²) in [7, 11) is 3.88. The lowest BCUT2D eigenvalue weighted by Crippen LogP contribution is -2.41. The molecule has 0 aliphatic heterocycles. The average Bonchev–Trinajstić information content (AvgIpc) is 2.65. The van der Waals surface area contributed by atoms with Gasteiger partial charge in [-0.15, -0.1) is 24.0 Å². The van der Waals surface area contributed by atoms with Crippen LogP contribution in [-0.4, -0.2) is 75.9 Å². The van der Waals surface area contributed by atoms with Crippen LogP contribution in [0.25, 0.3) is 0 Å². The van der Waals surface area contributed by atoms with Crippen LogP contribution >= 0.6 is 24.0 Å². The Morgan fingerprint density at radius 3 is 2.70 bits per heavy atom. The number of anilines is 1. The van der Waals surface area contributed by atoms with E-state index in [4.69, 9.17) is 4.74 Å². The molecule has 0 saturated heterocycles. The number of guanidine groups is 1. The van der Waals surface area contributed by atoms with Gasteiger partial charge >= 0.3 is 0 Å². The van der Waals surface area contributed by atoms with E-state index in [1.807, 2.05) is 18.2 Å². The van der Waals surface area contributed by atoms with E-state index in [0.717, 1.165) is 76.9 Å². The molecule has 1 aromatic heterocycles. The Morgan fingerprint density at radius 1 is 1.15 bits per heavy atom. The number of aliphatic imine (C=N–C) groups is 1. The van der Waals surface area contributed by atoms with E-state index < -0.39 is 0 Å². The van der Waals surface area contributed by atoms with Gasteiger partial charge in [-0.25, -0.2) is 4.98 Å². The molecule has 3 N–H and O–H groups in total. The number of likely N-dealkylation sites (N-methyl/N-ethyl adjacent to an activating group) is 1. The first-order valence-electron chi connectivity index (χ1n) is 9.60. The number of aromatic nitrogens is 1. The molecule has 156 valence electrons. The van der Waals surface area contributed by atoms with Crippen LogP contribution in [0.5, 0.6) is 0 Å². The second kappa shape index (κ2) is 18.2. The maximum atomic E-state index is 5.08. The number of nitrogens with zero attached hydrogens (tertiary/aromatic N) is 3. The van der Waals surface area contributed by atoms with Crippen LogP contribution in [0.4, 0.5) is 5.82 Å². The minimum Gasteiger partial charge on any atom is -0.385 e. The normalized spacial score (nSPS) is 11.2. The fraction of sp³-hybridized carbons (Fsp3) is 0.684. The monoisotopic (exact) mass is 492 g/mol. The summed E-state index contributed by atoms with van der Waals surface area (Å²) in [5.41, 5.74) is 0. The molecule has 0 amide bonds. The molecule has 0 saturated carbocycles. The number of ether oxygens (including phenoxy) is 1. The molecule has 1 heterocycles. The van der Waals surface area contributed by atoms with Gasteiger partial charge in [-0.05, 0) is 45.4 Å². The van der Waals surface area contributed by atoms with Crippen LogP contribution in [-0.2, 0) is 4.74 Å². The molecule has 0 aromatic carbocycles. The van der Waals surface area contributed by atoms with E-state index >= 15 is 0 Å². The molecule has 0 atom stereocenters. The zero-order valence-electron chi connectivity index (χ0n) is 17.0.